The molecular weight excluding hydrogens is 254 g/mol. The minimum absolute atomic E-state index is 0. The molecule has 0 saturated carbocycles. The number of allylic oxidation sites excluding steroid dienone is 8. The van der Waals surface area contributed by atoms with E-state index in [4.69, 9.17) is 0 Å². The van der Waals surface area contributed by atoms with Crippen molar-refractivity contribution in [2.24, 2.45) is 0 Å². The monoisotopic (exact) mass is 272 g/mol. The maximum atomic E-state index is 2.34. The Kier molecular flexibility index (Phi) is 7.57. The largest absolute Gasteiger partial charge is 1.00 e. The smallest absolute Gasteiger partial charge is 1.00 e. The van der Waals surface area contributed by atoms with Crippen molar-refractivity contribution in [3.05, 3.63) is 43.2 Å². The van der Waals surface area contributed by atoms with Crippen LogP contribution in [0.5, 0.6) is 0 Å². The van der Waals surface area contributed by atoms with E-state index in [-0.39, 0.29) is 28.6 Å². The van der Waals surface area contributed by atoms with Crippen molar-refractivity contribution in [2.45, 2.75) is 39.5 Å². The molecule has 0 radical (unpaired) electrons. The summed E-state index contributed by atoms with van der Waals surface area (Å²) < 4.78 is 3.56. The van der Waals surface area contributed by atoms with E-state index in [2.05, 4.69) is 38.2 Å². The van der Waals surface area contributed by atoms with Crippen LogP contribution in [-0.2, 0) is 19.2 Å². The Hall–Kier alpha value is -0.466. The van der Waals surface area contributed by atoms with E-state index in [1.807, 2.05) is 0 Å². The molecule has 17 heavy (non-hydrogen) atoms. The Morgan fingerprint density at radius 3 is 1.65 bits per heavy atom. The van der Waals surface area contributed by atoms with Crippen LogP contribution in [0.25, 0.3) is 0 Å². The molecule has 0 N–H and O–H groups in total. The van der Waals surface area contributed by atoms with Crippen molar-refractivity contribution in [2.75, 3.05) is 0 Å². The first-order chi connectivity index (χ1) is 7.35. The zero-order chi connectivity index (χ0) is 10.7. The Balaban J connectivity index is 0.00000128. The third-order valence-corrected chi connectivity index (χ3v) is 5.70. The third kappa shape index (κ3) is 3.75. The van der Waals surface area contributed by atoms with E-state index in [9.17, 15) is 0 Å². The van der Waals surface area contributed by atoms with Gasteiger partial charge in [-0.25, -0.2) is 0 Å². The number of hydrogen-bond acceptors (Lipinski definition) is 0. The number of halogens is 2. The molecule has 0 saturated heterocycles. The molecule has 0 aromatic rings. The predicted octanol–water partition coefficient (Wildman–Crippen LogP) is -1.68. The van der Waals surface area contributed by atoms with Gasteiger partial charge in [0, 0.05) is 0 Å². The Bertz CT molecular complexity index is 340. The average molecular weight is 272 g/mol. The quantitative estimate of drug-likeness (QED) is 0.537. The fourth-order valence-electron chi connectivity index (χ4n) is 2.21. The van der Waals surface area contributed by atoms with Crippen molar-refractivity contribution < 1.29 is 28.6 Å². The maximum Gasteiger partial charge on any atom is -1.00 e. The molecular formula is C14H18F2Ti. The summed E-state index contributed by atoms with van der Waals surface area (Å²) in [6.07, 6.45) is 14.3. The van der Waals surface area contributed by atoms with Gasteiger partial charge in [0.05, 0.1) is 0 Å². The fourth-order valence-corrected chi connectivity index (χ4v) is 4.78. The Morgan fingerprint density at radius 2 is 1.29 bits per heavy atom. The molecule has 0 unspecified atom stereocenters. The molecule has 0 fully saturated rings. The van der Waals surface area contributed by atoms with Gasteiger partial charge < -0.3 is 9.41 Å². The van der Waals surface area contributed by atoms with E-state index in [1.54, 1.807) is 18.9 Å². The zero-order valence-electron chi connectivity index (χ0n) is 10.4. The Morgan fingerprint density at radius 1 is 0.882 bits per heavy atom. The summed E-state index contributed by atoms with van der Waals surface area (Å²) in [6.45, 7) is 4.55. The van der Waals surface area contributed by atoms with Crippen molar-refractivity contribution in [3.63, 3.8) is 0 Å². The van der Waals surface area contributed by atoms with Crippen molar-refractivity contribution in [3.8, 4) is 0 Å². The van der Waals surface area contributed by atoms with Crippen LogP contribution in [0.2, 0.25) is 0 Å². The second-order valence-corrected chi connectivity index (χ2v) is 6.33. The van der Waals surface area contributed by atoms with Gasteiger partial charge in [-0.3, -0.25) is 0 Å². The van der Waals surface area contributed by atoms with Gasteiger partial charge in [-0.05, 0) is 0 Å². The first-order valence-corrected chi connectivity index (χ1v) is 7.45. The first kappa shape index (κ1) is 16.5. The normalized spacial score (nSPS) is 17.1. The van der Waals surface area contributed by atoms with Crippen molar-refractivity contribution in [1.29, 1.82) is 0 Å². The van der Waals surface area contributed by atoms with Gasteiger partial charge in [-0.2, -0.15) is 0 Å². The average Bonchev–Trinajstić information content (AvgIpc) is 2.87. The maximum absolute atomic E-state index is 2.34. The standard InChI is InChI=1S/2C7H9.2FH.Ti/c2*1-2-7-5-3-4-6-7;;;/h2*3,5H,2,4H2,1H3;2*1H;/q;;;;+2/p-2. The molecule has 0 aromatic heterocycles. The molecule has 0 aliphatic heterocycles. The summed E-state index contributed by atoms with van der Waals surface area (Å²) in [7, 11) is 0. The van der Waals surface area contributed by atoms with Crippen LogP contribution < -0.4 is 9.41 Å². The SMILES string of the molecule is CCC1=[C]([Ti+2][C]2=C(CC)C=CC2)CC=C1.[F-].[F-]. The summed E-state index contributed by atoms with van der Waals surface area (Å²) in [5.74, 6) is 0. The second kappa shape index (κ2) is 7.78. The zero-order valence-corrected chi connectivity index (χ0v) is 12.0. The Labute approximate surface area is 111 Å². The molecule has 0 amide bonds. The van der Waals surface area contributed by atoms with Crippen molar-refractivity contribution in [1.82, 2.24) is 0 Å². The van der Waals surface area contributed by atoms with Gasteiger partial charge in [0.15, 0.2) is 0 Å². The molecule has 2 rings (SSSR count). The van der Waals surface area contributed by atoms with E-state index < -0.39 is 0 Å². The van der Waals surface area contributed by atoms with Gasteiger partial charge >= 0.3 is 102 Å². The van der Waals surface area contributed by atoms with Gasteiger partial charge in [0.1, 0.15) is 0 Å². The van der Waals surface area contributed by atoms with Crippen LogP contribution in [0.3, 0.4) is 0 Å². The van der Waals surface area contributed by atoms with Crippen LogP contribution >= 0.6 is 0 Å². The van der Waals surface area contributed by atoms with E-state index in [0.717, 1.165) is 0 Å². The van der Waals surface area contributed by atoms with Gasteiger partial charge in [0.25, 0.3) is 0 Å². The third-order valence-electron chi connectivity index (χ3n) is 3.12. The molecule has 2 aliphatic carbocycles. The van der Waals surface area contributed by atoms with Crippen molar-refractivity contribution >= 4 is 0 Å². The molecule has 0 atom stereocenters. The molecule has 92 valence electrons. The van der Waals surface area contributed by atoms with Crippen LogP contribution in [0.4, 0.5) is 0 Å². The summed E-state index contributed by atoms with van der Waals surface area (Å²) >= 11 is 0.0149. The van der Waals surface area contributed by atoms with E-state index in [0.29, 0.717) is 0 Å². The van der Waals surface area contributed by atoms with Gasteiger partial charge in [-0.15, -0.1) is 0 Å². The number of hydrogen-bond donors (Lipinski definition) is 0. The van der Waals surface area contributed by atoms with Crippen LogP contribution in [-0.4, -0.2) is 0 Å². The molecule has 2 aliphatic rings. The van der Waals surface area contributed by atoms with Crippen LogP contribution in [0.15, 0.2) is 43.2 Å². The predicted molar refractivity (Wildman–Crippen MR) is 62.1 cm³/mol. The summed E-state index contributed by atoms with van der Waals surface area (Å²) in [5.41, 5.74) is 3.26. The summed E-state index contributed by atoms with van der Waals surface area (Å²) in [6, 6.07) is 0. The molecule has 0 spiro atoms. The fraction of sp³-hybridized carbons (Fsp3) is 0.429. The number of rotatable bonds is 4. The molecule has 0 nitrogen and oxygen atoms in total. The minimum Gasteiger partial charge on any atom is -1.00 e. The first-order valence-electron chi connectivity index (χ1n) is 5.89. The summed E-state index contributed by atoms with van der Waals surface area (Å²) in [4.78, 5) is 0. The molecule has 0 aromatic carbocycles. The molecule has 0 bridgehead atoms. The van der Waals surface area contributed by atoms with Gasteiger partial charge in [0.2, 0.25) is 0 Å². The van der Waals surface area contributed by atoms with E-state index in [1.165, 1.54) is 25.7 Å². The minimum atomic E-state index is 0. The van der Waals surface area contributed by atoms with E-state index >= 15 is 0 Å². The van der Waals surface area contributed by atoms with Crippen LogP contribution in [0, 0.1) is 0 Å². The molecule has 3 heteroatoms. The summed E-state index contributed by atoms with van der Waals surface area (Å²) in [5, 5.41) is 0. The topological polar surface area (TPSA) is 0 Å². The van der Waals surface area contributed by atoms with Gasteiger partial charge in [-0.1, -0.05) is 0 Å². The van der Waals surface area contributed by atoms with Crippen LogP contribution in [0.1, 0.15) is 39.5 Å². The molecule has 0 heterocycles. The second-order valence-electron chi connectivity index (χ2n) is 4.05.